The predicted molar refractivity (Wildman–Crippen MR) is 103 cm³/mol. The van der Waals surface area contributed by atoms with Gasteiger partial charge in [-0.3, -0.25) is 9.78 Å². The Morgan fingerprint density at radius 1 is 1.23 bits per heavy atom. The number of likely N-dealkylation sites (N-methyl/N-ethyl adjacent to an activating group) is 2. The lowest BCUT2D eigenvalue weighted by Crippen LogP contribution is -2.36. The molecule has 1 aliphatic carbocycles. The molecule has 0 N–H and O–H groups in total. The van der Waals surface area contributed by atoms with E-state index in [1.165, 1.54) is 0 Å². The normalized spacial score (nSPS) is 18.5. The molecule has 0 aromatic carbocycles. The van der Waals surface area contributed by atoms with Crippen molar-refractivity contribution in [1.82, 2.24) is 19.9 Å². The van der Waals surface area contributed by atoms with Crippen molar-refractivity contribution in [2.75, 3.05) is 32.1 Å². The third kappa shape index (κ3) is 4.18. The van der Waals surface area contributed by atoms with Crippen LogP contribution in [0, 0.1) is 11.8 Å². The summed E-state index contributed by atoms with van der Waals surface area (Å²) in [7, 11) is 3.89. The van der Waals surface area contributed by atoms with Gasteiger partial charge in [0.15, 0.2) is 5.82 Å². The van der Waals surface area contributed by atoms with E-state index in [9.17, 15) is 4.79 Å². The van der Waals surface area contributed by atoms with Crippen LogP contribution in [0.2, 0.25) is 0 Å². The molecule has 6 nitrogen and oxygen atoms in total. The second-order valence-electron chi connectivity index (χ2n) is 7.11. The molecular weight excluding hydrogens is 326 g/mol. The SMILES string of the molecule is CCc1cc(N(C)CCN(C)C(=O)[C@@H]2C[C@H]2C)nc(-c2ccccn2)n1. The largest absolute Gasteiger partial charge is 0.358 e. The number of nitrogens with zero attached hydrogens (tertiary/aromatic N) is 5. The van der Waals surface area contributed by atoms with Gasteiger partial charge in [0.2, 0.25) is 5.91 Å². The number of pyridine rings is 1. The Hall–Kier alpha value is -2.50. The second kappa shape index (κ2) is 7.81. The Labute approximate surface area is 155 Å². The summed E-state index contributed by atoms with van der Waals surface area (Å²) in [6.07, 6.45) is 3.61. The second-order valence-corrected chi connectivity index (χ2v) is 7.11. The summed E-state index contributed by atoms with van der Waals surface area (Å²) >= 11 is 0. The first-order valence-corrected chi connectivity index (χ1v) is 9.25. The summed E-state index contributed by atoms with van der Waals surface area (Å²) < 4.78 is 0. The number of rotatable bonds is 7. The number of aromatic nitrogens is 3. The van der Waals surface area contributed by atoms with Crippen molar-refractivity contribution in [2.45, 2.75) is 26.7 Å². The summed E-state index contributed by atoms with van der Waals surface area (Å²) in [5, 5.41) is 0. The molecule has 0 saturated heterocycles. The monoisotopic (exact) mass is 353 g/mol. The molecule has 138 valence electrons. The van der Waals surface area contributed by atoms with Gasteiger partial charge >= 0.3 is 0 Å². The molecule has 2 heterocycles. The van der Waals surface area contributed by atoms with E-state index in [1.54, 1.807) is 6.20 Å². The van der Waals surface area contributed by atoms with Crippen molar-refractivity contribution in [3.05, 3.63) is 36.2 Å². The van der Waals surface area contributed by atoms with Crippen molar-refractivity contribution >= 4 is 11.7 Å². The van der Waals surface area contributed by atoms with Crippen LogP contribution in [-0.4, -0.2) is 52.9 Å². The van der Waals surface area contributed by atoms with E-state index in [1.807, 2.05) is 43.3 Å². The minimum atomic E-state index is 0.229. The van der Waals surface area contributed by atoms with Crippen LogP contribution in [0.15, 0.2) is 30.5 Å². The zero-order valence-electron chi connectivity index (χ0n) is 16.0. The number of carbonyl (C=O) groups is 1. The van der Waals surface area contributed by atoms with Crippen molar-refractivity contribution in [2.24, 2.45) is 11.8 Å². The molecule has 1 saturated carbocycles. The standard InChI is InChI=1S/C20H27N5O/c1-5-15-13-18(23-19(22-15)17-8-6-7-9-21-17)24(3)10-11-25(4)20(26)16-12-14(16)2/h6-9,13-14,16H,5,10-12H2,1-4H3/t14-,16-/m1/s1. The predicted octanol–water partition coefficient (Wildman–Crippen LogP) is 2.65. The maximum Gasteiger partial charge on any atom is 0.225 e. The molecule has 2 atom stereocenters. The molecule has 3 rings (SSSR count). The highest BCUT2D eigenvalue weighted by molar-refractivity contribution is 5.81. The molecule has 6 heteroatoms. The highest BCUT2D eigenvalue weighted by atomic mass is 16.2. The number of hydrogen-bond donors (Lipinski definition) is 0. The van der Waals surface area contributed by atoms with E-state index in [0.29, 0.717) is 18.3 Å². The molecule has 0 unspecified atom stereocenters. The zero-order valence-corrected chi connectivity index (χ0v) is 16.0. The van der Waals surface area contributed by atoms with Crippen LogP contribution < -0.4 is 4.90 Å². The molecular formula is C20H27N5O. The van der Waals surface area contributed by atoms with Crippen LogP contribution in [-0.2, 0) is 11.2 Å². The van der Waals surface area contributed by atoms with Crippen LogP contribution in [0.4, 0.5) is 5.82 Å². The maximum atomic E-state index is 12.3. The van der Waals surface area contributed by atoms with Crippen LogP contribution in [0.5, 0.6) is 0 Å². The van der Waals surface area contributed by atoms with Gasteiger partial charge in [-0.1, -0.05) is 19.9 Å². The lowest BCUT2D eigenvalue weighted by atomic mass is 10.2. The van der Waals surface area contributed by atoms with E-state index in [0.717, 1.165) is 36.6 Å². The molecule has 1 aliphatic rings. The van der Waals surface area contributed by atoms with Gasteiger partial charge in [-0.2, -0.15) is 0 Å². The van der Waals surface area contributed by atoms with Gasteiger partial charge in [-0.25, -0.2) is 9.97 Å². The zero-order chi connectivity index (χ0) is 18.7. The van der Waals surface area contributed by atoms with E-state index < -0.39 is 0 Å². The fourth-order valence-electron chi connectivity index (χ4n) is 2.94. The van der Waals surface area contributed by atoms with Crippen molar-refractivity contribution in [3.63, 3.8) is 0 Å². The van der Waals surface area contributed by atoms with Gasteiger partial charge in [0.05, 0.1) is 0 Å². The third-order valence-corrected chi connectivity index (χ3v) is 4.99. The molecule has 0 aliphatic heterocycles. The summed E-state index contributed by atoms with van der Waals surface area (Å²) in [4.78, 5) is 29.8. The summed E-state index contributed by atoms with van der Waals surface area (Å²) in [5.74, 6) is 2.53. The Morgan fingerprint density at radius 3 is 2.62 bits per heavy atom. The number of anilines is 1. The van der Waals surface area contributed by atoms with Gasteiger partial charge in [0, 0.05) is 51.1 Å². The van der Waals surface area contributed by atoms with Crippen LogP contribution in [0.1, 0.15) is 26.0 Å². The Morgan fingerprint density at radius 2 is 2.00 bits per heavy atom. The third-order valence-electron chi connectivity index (χ3n) is 4.99. The molecule has 0 bridgehead atoms. The Kier molecular flexibility index (Phi) is 5.49. The highest BCUT2D eigenvalue weighted by Gasteiger charge is 2.40. The number of hydrogen-bond acceptors (Lipinski definition) is 5. The van der Waals surface area contributed by atoms with Crippen LogP contribution in [0.25, 0.3) is 11.5 Å². The summed E-state index contributed by atoms with van der Waals surface area (Å²) in [6, 6.07) is 7.75. The minimum absolute atomic E-state index is 0.229. The van der Waals surface area contributed by atoms with E-state index in [-0.39, 0.29) is 11.8 Å². The van der Waals surface area contributed by atoms with Gasteiger partial charge in [-0.15, -0.1) is 0 Å². The number of aryl methyl sites for hydroxylation is 1. The molecule has 0 radical (unpaired) electrons. The first-order chi connectivity index (χ1) is 12.5. The van der Waals surface area contributed by atoms with Crippen molar-refractivity contribution in [1.29, 1.82) is 0 Å². The van der Waals surface area contributed by atoms with E-state index in [4.69, 9.17) is 0 Å². The first kappa shape index (κ1) is 18.3. The molecule has 26 heavy (non-hydrogen) atoms. The topological polar surface area (TPSA) is 62.2 Å². The van der Waals surface area contributed by atoms with Gasteiger partial charge in [0.25, 0.3) is 0 Å². The minimum Gasteiger partial charge on any atom is -0.358 e. The van der Waals surface area contributed by atoms with Crippen LogP contribution in [0.3, 0.4) is 0 Å². The smallest absolute Gasteiger partial charge is 0.225 e. The molecule has 2 aromatic rings. The first-order valence-electron chi connectivity index (χ1n) is 9.25. The fraction of sp³-hybridized carbons (Fsp3) is 0.500. The van der Waals surface area contributed by atoms with E-state index in [2.05, 4.69) is 33.7 Å². The lowest BCUT2D eigenvalue weighted by Gasteiger charge is -2.24. The van der Waals surface area contributed by atoms with Gasteiger partial charge < -0.3 is 9.80 Å². The molecule has 0 spiro atoms. The Balaban J connectivity index is 1.70. The molecule has 1 amide bonds. The molecule has 2 aromatic heterocycles. The summed E-state index contributed by atoms with van der Waals surface area (Å²) in [6.45, 7) is 5.63. The lowest BCUT2D eigenvalue weighted by molar-refractivity contribution is -0.131. The fourth-order valence-corrected chi connectivity index (χ4v) is 2.94. The highest BCUT2D eigenvalue weighted by Crippen LogP contribution is 2.38. The van der Waals surface area contributed by atoms with Gasteiger partial charge in [-0.05, 0) is 30.9 Å². The Bertz CT molecular complexity index is 764. The maximum absolute atomic E-state index is 12.3. The van der Waals surface area contributed by atoms with Crippen molar-refractivity contribution in [3.8, 4) is 11.5 Å². The van der Waals surface area contributed by atoms with Gasteiger partial charge in [0.1, 0.15) is 11.5 Å². The van der Waals surface area contributed by atoms with Crippen LogP contribution >= 0.6 is 0 Å². The van der Waals surface area contributed by atoms with Crippen molar-refractivity contribution < 1.29 is 4.79 Å². The molecule has 1 fully saturated rings. The average Bonchev–Trinajstić information content (AvgIpc) is 3.41. The van der Waals surface area contributed by atoms with E-state index >= 15 is 0 Å². The summed E-state index contributed by atoms with van der Waals surface area (Å²) in [5.41, 5.74) is 1.76. The number of amides is 1. The average molecular weight is 353 g/mol. The number of carbonyl (C=O) groups excluding carboxylic acids is 1. The quantitative estimate of drug-likeness (QED) is 0.766.